The van der Waals surface area contributed by atoms with Crippen molar-refractivity contribution in [3.8, 4) is 0 Å². The molecule has 1 aliphatic carbocycles. The van der Waals surface area contributed by atoms with Crippen molar-refractivity contribution in [2.75, 3.05) is 0 Å². The SMILES string of the molecule is Cc1ccc(C2=C(Sc3ccc(Cl)cc3)C(=O)N(C3CCCCC3)C2=O)cc1C. The van der Waals surface area contributed by atoms with Crippen LogP contribution in [0.4, 0.5) is 0 Å². The Morgan fingerprint density at radius 1 is 0.897 bits per heavy atom. The van der Waals surface area contributed by atoms with E-state index in [2.05, 4.69) is 0 Å². The summed E-state index contributed by atoms with van der Waals surface area (Å²) in [6.45, 7) is 4.08. The lowest BCUT2D eigenvalue weighted by Gasteiger charge is -2.29. The van der Waals surface area contributed by atoms with Gasteiger partial charge in [0.2, 0.25) is 0 Å². The van der Waals surface area contributed by atoms with E-state index in [4.69, 9.17) is 11.6 Å². The molecule has 2 amide bonds. The third-order valence-corrected chi connectivity index (χ3v) is 7.18. The molecule has 2 aromatic carbocycles. The molecule has 1 aliphatic heterocycles. The number of thioether (sulfide) groups is 1. The van der Waals surface area contributed by atoms with Gasteiger partial charge < -0.3 is 0 Å². The molecular formula is C24H24ClNO2S. The molecule has 3 nitrogen and oxygen atoms in total. The predicted molar refractivity (Wildman–Crippen MR) is 119 cm³/mol. The van der Waals surface area contributed by atoms with Gasteiger partial charge in [0, 0.05) is 16.0 Å². The van der Waals surface area contributed by atoms with Gasteiger partial charge in [-0.2, -0.15) is 0 Å². The largest absolute Gasteiger partial charge is 0.271 e. The van der Waals surface area contributed by atoms with E-state index in [0.29, 0.717) is 15.5 Å². The summed E-state index contributed by atoms with van der Waals surface area (Å²) in [5, 5.41) is 0.648. The maximum absolute atomic E-state index is 13.5. The molecule has 2 aliphatic rings. The van der Waals surface area contributed by atoms with E-state index < -0.39 is 0 Å². The second kappa shape index (κ2) is 8.37. The standard InChI is InChI=1S/C24H24ClNO2S/c1-15-8-9-17(14-16(15)2)21-22(29-20-12-10-18(25)11-13-20)24(28)26(23(21)27)19-6-4-3-5-7-19/h8-14,19H,3-7H2,1-2H3. The maximum Gasteiger partial charge on any atom is 0.268 e. The summed E-state index contributed by atoms with van der Waals surface area (Å²) in [7, 11) is 0. The first-order valence-corrected chi connectivity index (χ1v) is 11.3. The first kappa shape index (κ1) is 20.2. The molecule has 0 bridgehead atoms. The highest BCUT2D eigenvalue weighted by Gasteiger charge is 2.43. The van der Waals surface area contributed by atoms with Gasteiger partial charge in [0.05, 0.1) is 10.5 Å². The summed E-state index contributed by atoms with van der Waals surface area (Å²) >= 11 is 7.37. The molecule has 0 radical (unpaired) electrons. The molecule has 1 fully saturated rings. The number of rotatable bonds is 4. The molecule has 0 atom stereocenters. The van der Waals surface area contributed by atoms with E-state index in [1.807, 2.05) is 44.2 Å². The number of hydrogen-bond acceptors (Lipinski definition) is 3. The van der Waals surface area contributed by atoms with E-state index >= 15 is 0 Å². The van der Waals surface area contributed by atoms with Crippen molar-refractivity contribution in [2.45, 2.75) is 56.9 Å². The van der Waals surface area contributed by atoms with E-state index in [1.165, 1.54) is 28.6 Å². The van der Waals surface area contributed by atoms with E-state index in [-0.39, 0.29) is 17.9 Å². The van der Waals surface area contributed by atoms with Crippen LogP contribution in [0.1, 0.15) is 48.8 Å². The van der Waals surface area contributed by atoms with Crippen molar-refractivity contribution in [1.29, 1.82) is 0 Å². The maximum atomic E-state index is 13.5. The zero-order chi connectivity index (χ0) is 20.5. The number of nitrogens with zero attached hydrogens (tertiary/aromatic N) is 1. The van der Waals surface area contributed by atoms with Crippen molar-refractivity contribution in [1.82, 2.24) is 4.90 Å². The summed E-state index contributed by atoms with van der Waals surface area (Å²) in [6.07, 6.45) is 5.12. The number of carbonyl (C=O) groups is 2. The monoisotopic (exact) mass is 425 g/mol. The first-order valence-electron chi connectivity index (χ1n) is 10.1. The lowest BCUT2D eigenvalue weighted by atomic mass is 9.94. The average Bonchev–Trinajstić information content (AvgIpc) is 2.96. The topological polar surface area (TPSA) is 37.4 Å². The van der Waals surface area contributed by atoms with Gasteiger partial charge in [-0.15, -0.1) is 0 Å². The van der Waals surface area contributed by atoms with Crippen molar-refractivity contribution in [2.24, 2.45) is 0 Å². The lowest BCUT2D eigenvalue weighted by molar-refractivity contribution is -0.139. The Morgan fingerprint density at radius 3 is 2.24 bits per heavy atom. The number of aryl methyl sites for hydroxylation is 2. The number of benzene rings is 2. The Balaban J connectivity index is 1.77. The third-order valence-electron chi connectivity index (χ3n) is 5.84. The highest BCUT2D eigenvalue weighted by atomic mass is 35.5. The molecule has 0 spiro atoms. The van der Waals surface area contributed by atoms with Crippen molar-refractivity contribution in [3.05, 3.63) is 69.1 Å². The number of amides is 2. The summed E-state index contributed by atoms with van der Waals surface area (Å²) in [4.78, 5) is 29.9. The molecule has 1 heterocycles. The van der Waals surface area contributed by atoms with Gasteiger partial charge in [0.1, 0.15) is 0 Å². The summed E-state index contributed by atoms with van der Waals surface area (Å²) in [5.74, 6) is -0.309. The van der Waals surface area contributed by atoms with Crippen LogP contribution in [-0.4, -0.2) is 22.8 Å². The Bertz CT molecular complexity index is 990. The molecule has 4 rings (SSSR count). The van der Waals surface area contributed by atoms with Crippen LogP contribution in [0.2, 0.25) is 5.02 Å². The van der Waals surface area contributed by atoms with Crippen LogP contribution in [0.5, 0.6) is 0 Å². The second-order valence-electron chi connectivity index (χ2n) is 7.83. The highest BCUT2D eigenvalue weighted by molar-refractivity contribution is 8.04. The van der Waals surface area contributed by atoms with Crippen LogP contribution >= 0.6 is 23.4 Å². The quantitative estimate of drug-likeness (QED) is 0.550. The molecule has 5 heteroatoms. The van der Waals surface area contributed by atoms with E-state index in [1.54, 1.807) is 12.1 Å². The summed E-state index contributed by atoms with van der Waals surface area (Å²) in [6, 6.07) is 13.4. The minimum Gasteiger partial charge on any atom is -0.271 e. The molecule has 0 saturated heterocycles. The van der Waals surface area contributed by atoms with Crippen LogP contribution < -0.4 is 0 Å². The molecule has 0 unspecified atom stereocenters. The van der Waals surface area contributed by atoms with Crippen LogP contribution in [0.15, 0.2) is 52.3 Å². The zero-order valence-electron chi connectivity index (χ0n) is 16.7. The molecular weight excluding hydrogens is 402 g/mol. The Labute approximate surface area is 181 Å². The van der Waals surface area contributed by atoms with Gasteiger partial charge >= 0.3 is 0 Å². The Morgan fingerprint density at radius 2 is 1.59 bits per heavy atom. The smallest absolute Gasteiger partial charge is 0.268 e. The normalized spacial score (nSPS) is 18.1. The van der Waals surface area contributed by atoms with Gasteiger partial charge in [0.25, 0.3) is 11.8 Å². The number of hydrogen-bond donors (Lipinski definition) is 0. The second-order valence-corrected chi connectivity index (χ2v) is 9.35. The minimum absolute atomic E-state index is 0.00798. The Hall–Kier alpha value is -2.04. The fraction of sp³-hybridized carbons (Fsp3) is 0.333. The van der Waals surface area contributed by atoms with E-state index in [9.17, 15) is 9.59 Å². The number of imide groups is 1. The van der Waals surface area contributed by atoms with Crippen molar-refractivity contribution >= 4 is 40.8 Å². The molecule has 2 aromatic rings. The minimum atomic E-state index is -0.157. The van der Waals surface area contributed by atoms with Crippen LogP contribution in [0.25, 0.3) is 5.57 Å². The van der Waals surface area contributed by atoms with Crippen LogP contribution in [0, 0.1) is 13.8 Å². The van der Waals surface area contributed by atoms with E-state index in [0.717, 1.165) is 41.7 Å². The van der Waals surface area contributed by atoms with Gasteiger partial charge in [0.15, 0.2) is 0 Å². The van der Waals surface area contributed by atoms with Gasteiger partial charge in [-0.1, -0.05) is 60.8 Å². The van der Waals surface area contributed by atoms with Crippen LogP contribution in [-0.2, 0) is 9.59 Å². The predicted octanol–water partition coefficient (Wildman–Crippen LogP) is 6.16. The fourth-order valence-corrected chi connectivity index (χ4v) is 5.19. The molecule has 1 saturated carbocycles. The number of halogens is 1. The molecule has 150 valence electrons. The molecule has 0 aromatic heterocycles. The summed E-state index contributed by atoms with van der Waals surface area (Å²) < 4.78 is 0. The zero-order valence-corrected chi connectivity index (χ0v) is 18.3. The average molecular weight is 426 g/mol. The van der Waals surface area contributed by atoms with Crippen LogP contribution in [0.3, 0.4) is 0 Å². The fourth-order valence-electron chi connectivity index (χ4n) is 4.06. The number of carbonyl (C=O) groups excluding carboxylic acids is 2. The summed E-state index contributed by atoms with van der Waals surface area (Å²) in [5.41, 5.74) is 3.63. The highest BCUT2D eigenvalue weighted by Crippen LogP contribution is 2.42. The lowest BCUT2D eigenvalue weighted by Crippen LogP contribution is -2.42. The van der Waals surface area contributed by atoms with Crippen molar-refractivity contribution < 1.29 is 9.59 Å². The molecule has 0 N–H and O–H groups in total. The molecule has 29 heavy (non-hydrogen) atoms. The van der Waals surface area contributed by atoms with Crippen molar-refractivity contribution in [3.63, 3.8) is 0 Å². The first-order chi connectivity index (χ1) is 14.0. The van der Waals surface area contributed by atoms with Gasteiger partial charge in [-0.3, -0.25) is 14.5 Å². The van der Waals surface area contributed by atoms with Gasteiger partial charge in [-0.25, -0.2) is 0 Å². The third kappa shape index (κ3) is 4.01. The van der Waals surface area contributed by atoms with Gasteiger partial charge in [-0.05, 0) is 67.6 Å². The Kier molecular flexibility index (Phi) is 5.84.